The maximum atomic E-state index is 6.20. The van der Waals surface area contributed by atoms with Gasteiger partial charge in [-0.3, -0.25) is 0 Å². The van der Waals surface area contributed by atoms with Crippen LogP contribution in [0.25, 0.3) is 0 Å². The molecule has 0 saturated carbocycles. The Hall–Kier alpha value is -1.71. The molecule has 3 nitrogen and oxygen atoms in total. The summed E-state index contributed by atoms with van der Waals surface area (Å²) in [6.45, 7) is 2.19. The maximum Gasteiger partial charge on any atom is 0.143 e. The van der Waals surface area contributed by atoms with E-state index in [1.54, 1.807) is 0 Å². The van der Waals surface area contributed by atoms with E-state index in [0.29, 0.717) is 13.2 Å². The summed E-state index contributed by atoms with van der Waals surface area (Å²) in [6, 6.07) is 14.1. The van der Waals surface area contributed by atoms with Gasteiger partial charge in [0.05, 0.1) is 5.69 Å². The summed E-state index contributed by atoms with van der Waals surface area (Å²) in [4.78, 5) is 2.29. The van der Waals surface area contributed by atoms with Crippen molar-refractivity contribution in [3.8, 4) is 5.75 Å². The SMILES string of the molecule is NCCCCN1c2cc(Cl)ccc2COc2ccccc21. The largest absolute Gasteiger partial charge is 0.487 e. The lowest BCUT2D eigenvalue weighted by Gasteiger charge is -2.25. The summed E-state index contributed by atoms with van der Waals surface area (Å²) in [5.41, 5.74) is 9.00. The lowest BCUT2D eigenvalue weighted by molar-refractivity contribution is 0.310. The minimum absolute atomic E-state index is 0.566. The number of anilines is 2. The van der Waals surface area contributed by atoms with Crippen molar-refractivity contribution in [1.29, 1.82) is 0 Å². The standard InChI is InChI=1S/C17H19ClN2O/c18-14-8-7-13-12-21-17-6-2-1-5-15(17)20(16(13)11-14)10-4-3-9-19/h1-2,5-8,11H,3-4,9-10,12,19H2. The molecule has 1 aliphatic heterocycles. The summed E-state index contributed by atoms with van der Waals surface area (Å²) >= 11 is 6.20. The van der Waals surface area contributed by atoms with Gasteiger partial charge in [-0.05, 0) is 43.7 Å². The van der Waals surface area contributed by atoms with E-state index >= 15 is 0 Å². The normalized spacial score (nSPS) is 13.1. The van der Waals surface area contributed by atoms with Crippen LogP contribution in [0.4, 0.5) is 11.4 Å². The molecule has 0 aromatic heterocycles. The third-order valence-corrected chi connectivity index (χ3v) is 3.95. The summed E-state index contributed by atoms with van der Waals surface area (Å²) in [7, 11) is 0. The van der Waals surface area contributed by atoms with Crippen molar-refractivity contribution < 1.29 is 4.74 Å². The van der Waals surface area contributed by atoms with Gasteiger partial charge in [0.15, 0.2) is 0 Å². The van der Waals surface area contributed by atoms with Crippen molar-refractivity contribution in [3.63, 3.8) is 0 Å². The lowest BCUT2D eigenvalue weighted by atomic mass is 10.1. The van der Waals surface area contributed by atoms with E-state index in [4.69, 9.17) is 22.1 Å². The number of rotatable bonds is 4. The van der Waals surface area contributed by atoms with Gasteiger partial charge in [0.2, 0.25) is 0 Å². The zero-order valence-electron chi connectivity index (χ0n) is 11.9. The molecule has 0 radical (unpaired) electrons. The number of hydrogen-bond donors (Lipinski definition) is 1. The van der Waals surface area contributed by atoms with E-state index in [-0.39, 0.29) is 0 Å². The number of fused-ring (bicyclic) bond motifs is 2. The van der Waals surface area contributed by atoms with E-state index in [0.717, 1.165) is 47.1 Å². The molecule has 0 spiro atoms. The molecule has 2 N–H and O–H groups in total. The predicted octanol–water partition coefficient (Wildman–Crippen LogP) is 4.11. The molecule has 2 aromatic carbocycles. The number of nitrogens with zero attached hydrogens (tertiary/aromatic N) is 1. The van der Waals surface area contributed by atoms with Crippen LogP contribution in [0.1, 0.15) is 18.4 Å². The fraction of sp³-hybridized carbons (Fsp3) is 0.294. The third kappa shape index (κ3) is 2.99. The number of hydrogen-bond acceptors (Lipinski definition) is 3. The molecule has 21 heavy (non-hydrogen) atoms. The quantitative estimate of drug-likeness (QED) is 0.864. The molecular formula is C17H19ClN2O. The summed E-state index contributed by atoms with van der Waals surface area (Å²) in [6.07, 6.45) is 2.05. The van der Waals surface area contributed by atoms with Gasteiger partial charge in [-0.25, -0.2) is 0 Å². The first-order valence-corrected chi connectivity index (χ1v) is 7.65. The van der Waals surface area contributed by atoms with Gasteiger partial charge >= 0.3 is 0 Å². The van der Waals surface area contributed by atoms with E-state index in [9.17, 15) is 0 Å². The molecule has 4 heteroatoms. The van der Waals surface area contributed by atoms with Crippen LogP contribution in [0.3, 0.4) is 0 Å². The molecule has 3 rings (SSSR count). The van der Waals surface area contributed by atoms with E-state index in [2.05, 4.69) is 11.0 Å². The van der Waals surface area contributed by atoms with Gasteiger partial charge in [0.25, 0.3) is 0 Å². The molecule has 2 aromatic rings. The summed E-state index contributed by atoms with van der Waals surface area (Å²) in [5, 5.41) is 0.747. The number of nitrogens with two attached hydrogens (primary N) is 1. The molecule has 0 aliphatic carbocycles. The Bertz CT molecular complexity index is 630. The van der Waals surface area contributed by atoms with Crippen molar-refractivity contribution in [2.24, 2.45) is 5.73 Å². The van der Waals surface area contributed by atoms with Crippen LogP contribution in [-0.4, -0.2) is 13.1 Å². The van der Waals surface area contributed by atoms with Crippen LogP contribution in [0.2, 0.25) is 5.02 Å². The highest BCUT2D eigenvalue weighted by molar-refractivity contribution is 6.30. The number of ether oxygens (including phenoxy) is 1. The second-order valence-corrected chi connectivity index (χ2v) is 5.61. The average Bonchev–Trinajstić information content (AvgIpc) is 2.65. The molecule has 0 atom stereocenters. The highest BCUT2D eigenvalue weighted by Gasteiger charge is 2.21. The van der Waals surface area contributed by atoms with Crippen molar-refractivity contribution >= 4 is 23.0 Å². The molecule has 110 valence electrons. The first-order valence-electron chi connectivity index (χ1n) is 7.27. The Balaban J connectivity index is 2.03. The van der Waals surface area contributed by atoms with Crippen LogP contribution in [0.15, 0.2) is 42.5 Å². The van der Waals surface area contributed by atoms with Crippen LogP contribution in [-0.2, 0) is 6.61 Å². The summed E-state index contributed by atoms with van der Waals surface area (Å²) < 4.78 is 5.94. The van der Waals surface area contributed by atoms with Crippen molar-refractivity contribution in [2.75, 3.05) is 18.0 Å². The smallest absolute Gasteiger partial charge is 0.143 e. The fourth-order valence-electron chi connectivity index (χ4n) is 2.65. The minimum atomic E-state index is 0.566. The number of para-hydroxylation sites is 2. The minimum Gasteiger partial charge on any atom is -0.487 e. The molecule has 0 saturated heterocycles. The van der Waals surface area contributed by atoms with Crippen LogP contribution >= 0.6 is 11.6 Å². The molecule has 0 fully saturated rings. The Kier molecular flexibility index (Phi) is 4.32. The first kappa shape index (κ1) is 14.2. The average molecular weight is 303 g/mol. The van der Waals surface area contributed by atoms with E-state index in [1.807, 2.05) is 36.4 Å². The van der Waals surface area contributed by atoms with E-state index < -0.39 is 0 Å². The first-order chi connectivity index (χ1) is 10.3. The number of unbranched alkanes of at least 4 members (excludes halogenated alkanes) is 1. The second-order valence-electron chi connectivity index (χ2n) is 5.18. The van der Waals surface area contributed by atoms with Crippen LogP contribution in [0.5, 0.6) is 5.75 Å². The fourth-order valence-corrected chi connectivity index (χ4v) is 2.82. The van der Waals surface area contributed by atoms with Crippen LogP contribution in [0, 0.1) is 0 Å². The van der Waals surface area contributed by atoms with Gasteiger partial charge in [0, 0.05) is 22.8 Å². The van der Waals surface area contributed by atoms with Gasteiger partial charge in [-0.1, -0.05) is 29.8 Å². The van der Waals surface area contributed by atoms with Crippen molar-refractivity contribution in [2.45, 2.75) is 19.4 Å². The zero-order valence-corrected chi connectivity index (χ0v) is 12.6. The van der Waals surface area contributed by atoms with Crippen molar-refractivity contribution in [1.82, 2.24) is 0 Å². The molecule has 1 aliphatic rings. The van der Waals surface area contributed by atoms with Gasteiger partial charge in [0.1, 0.15) is 12.4 Å². The monoisotopic (exact) mass is 302 g/mol. The predicted molar refractivity (Wildman–Crippen MR) is 87.5 cm³/mol. The number of benzene rings is 2. The molecular weight excluding hydrogens is 284 g/mol. The lowest BCUT2D eigenvalue weighted by Crippen LogP contribution is -2.19. The Morgan fingerprint density at radius 1 is 1.10 bits per heavy atom. The van der Waals surface area contributed by atoms with Gasteiger partial charge < -0.3 is 15.4 Å². The van der Waals surface area contributed by atoms with Gasteiger partial charge in [-0.15, -0.1) is 0 Å². The molecule has 0 bridgehead atoms. The highest BCUT2D eigenvalue weighted by Crippen LogP contribution is 2.40. The molecule has 0 unspecified atom stereocenters. The third-order valence-electron chi connectivity index (χ3n) is 3.71. The van der Waals surface area contributed by atoms with Crippen LogP contribution < -0.4 is 15.4 Å². The van der Waals surface area contributed by atoms with Gasteiger partial charge in [-0.2, -0.15) is 0 Å². The Labute approximate surface area is 130 Å². The zero-order chi connectivity index (χ0) is 14.7. The maximum absolute atomic E-state index is 6.20. The Morgan fingerprint density at radius 3 is 2.81 bits per heavy atom. The number of halogens is 1. The topological polar surface area (TPSA) is 38.5 Å². The van der Waals surface area contributed by atoms with E-state index in [1.165, 1.54) is 0 Å². The summed E-state index contributed by atoms with van der Waals surface area (Å²) in [5.74, 6) is 0.914. The Morgan fingerprint density at radius 2 is 1.95 bits per heavy atom. The van der Waals surface area contributed by atoms with Crippen molar-refractivity contribution in [3.05, 3.63) is 53.1 Å². The highest BCUT2D eigenvalue weighted by atomic mass is 35.5. The second kappa shape index (κ2) is 6.37. The molecule has 0 amide bonds. The molecule has 1 heterocycles.